The van der Waals surface area contributed by atoms with Crippen LogP contribution in [0.3, 0.4) is 0 Å². The Morgan fingerprint density at radius 3 is 2.27 bits per heavy atom. The van der Waals surface area contributed by atoms with E-state index in [1.54, 1.807) is 6.92 Å². The number of hydrogen-bond donors (Lipinski definition) is 0. The first-order valence-electron chi connectivity index (χ1n) is 5.97. The molecule has 2 rings (SSSR count). The highest BCUT2D eigenvalue weighted by Crippen LogP contribution is 2.28. The van der Waals surface area contributed by atoms with Crippen molar-refractivity contribution in [3.05, 3.63) is 0 Å². The highest BCUT2D eigenvalue weighted by atomic mass is 16.2. The molecule has 0 aromatic rings. The second-order valence-electron chi connectivity index (χ2n) is 4.86. The summed E-state index contributed by atoms with van der Waals surface area (Å²) in [6.07, 6.45) is 5.37. The summed E-state index contributed by atoms with van der Waals surface area (Å²) >= 11 is 0. The van der Waals surface area contributed by atoms with Gasteiger partial charge in [-0.2, -0.15) is 0 Å². The van der Waals surface area contributed by atoms with Gasteiger partial charge in [0.05, 0.1) is 0 Å². The molecule has 0 N–H and O–H groups in total. The highest BCUT2D eigenvalue weighted by molar-refractivity contribution is 5.83. The maximum absolute atomic E-state index is 12.0. The van der Waals surface area contributed by atoms with E-state index in [9.17, 15) is 9.59 Å². The lowest BCUT2D eigenvalue weighted by atomic mass is 10.1. The Kier molecular flexibility index (Phi) is 3.08. The third-order valence-corrected chi connectivity index (χ3v) is 3.78. The van der Waals surface area contributed by atoms with Crippen molar-refractivity contribution in [2.24, 2.45) is 11.8 Å². The van der Waals surface area contributed by atoms with Gasteiger partial charge in [0.15, 0.2) is 0 Å². The SMILES string of the molecule is CC(=O)[C@@H]1CCN(C(=O)C2CCCC2)C1. The van der Waals surface area contributed by atoms with Crippen LogP contribution in [0.15, 0.2) is 0 Å². The topological polar surface area (TPSA) is 37.4 Å². The summed E-state index contributed by atoms with van der Waals surface area (Å²) in [4.78, 5) is 25.1. The van der Waals surface area contributed by atoms with Crippen molar-refractivity contribution in [3.8, 4) is 0 Å². The molecule has 1 aliphatic carbocycles. The second kappa shape index (κ2) is 4.33. The third-order valence-electron chi connectivity index (χ3n) is 3.78. The zero-order valence-electron chi connectivity index (χ0n) is 9.37. The minimum atomic E-state index is 0.107. The van der Waals surface area contributed by atoms with Crippen molar-refractivity contribution in [2.45, 2.75) is 39.0 Å². The molecule has 84 valence electrons. The van der Waals surface area contributed by atoms with Gasteiger partial charge in [-0.3, -0.25) is 9.59 Å². The second-order valence-corrected chi connectivity index (χ2v) is 4.86. The molecule has 15 heavy (non-hydrogen) atoms. The molecule has 0 aromatic heterocycles. The fourth-order valence-electron chi connectivity index (χ4n) is 2.72. The number of ketones is 1. The van der Waals surface area contributed by atoms with E-state index in [1.807, 2.05) is 4.90 Å². The molecule has 2 aliphatic rings. The largest absolute Gasteiger partial charge is 0.342 e. The summed E-state index contributed by atoms with van der Waals surface area (Å²) in [6.45, 7) is 3.10. The van der Waals surface area contributed by atoms with Gasteiger partial charge in [0.25, 0.3) is 0 Å². The molecule has 3 nitrogen and oxygen atoms in total. The Hall–Kier alpha value is -0.860. The van der Waals surface area contributed by atoms with E-state index in [-0.39, 0.29) is 17.6 Å². The van der Waals surface area contributed by atoms with Gasteiger partial charge in [-0.25, -0.2) is 0 Å². The van der Waals surface area contributed by atoms with Crippen molar-refractivity contribution in [2.75, 3.05) is 13.1 Å². The zero-order chi connectivity index (χ0) is 10.8. The normalized spacial score (nSPS) is 27.3. The number of rotatable bonds is 2. The van der Waals surface area contributed by atoms with E-state index in [1.165, 1.54) is 12.8 Å². The van der Waals surface area contributed by atoms with Crippen LogP contribution in [0.1, 0.15) is 39.0 Å². The summed E-state index contributed by atoms with van der Waals surface area (Å²) in [6, 6.07) is 0. The van der Waals surface area contributed by atoms with Gasteiger partial charge in [-0.15, -0.1) is 0 Å². The quantitative estimate of drug-likeness (QED) is 0.693. The first kappa shape index (κ1) is 10.7. The lowest BCUT2D eigenvalue weighted by Gasteiger charge is -2.20. The molecular formula is C12H19NO2. The van der Waals surface area contributed by atoms with Crippen molar-refractivity contribution in [3.63, 3.8) is 0 Å². The van der Waals surface area contributed by atoms with Crippen LogP contribution in [-0.4, -0.2) is 29.7 Å². The van der Waals surface area contributed by atoms with Gasteiger partial charge < -0.3 is 4.90 Å². The van der Waals surface area contributed by atoms with E-state index >= 15 is 0 Å². The molecular weight excluding hydrogens is 190 g/mol. The van der Waals surface area contributed by atoms with E-state index in [0.717, 1.165) is 25.8 Å². The molecule has 1 heterocycles. The standard InChI is InChI=1S/C12H19NO2/c1-9(14)11-6-7-13(8-11)12(15)10-4-2-3-5-10/h10-11H,2-8H2,1H3/t11-/m1/s1. The van der Waals surface area contributed by atoms with Gasteiger partial charge in [-0.05, 0) is 26.2 Å². The van der Waals surface area contributed by atoms with Gasteiger partial charge in [0.2, 0.25) is 5.91 Å². The van der Waals surface area contributed by atoms with E-state index in [2.05, 4.69) is 0 Å². The molecule has 2 fully saturated rings. The van der Waals surface area contributed by atoms with Crippen molar-refractivity contribution < 1.29 is 9.59 Å². The van der Waals surface area contributed by atoms with Crippen LogP contribution in [0.5, 0.6) is 0 Å². The minimum absolute atomic E-state index is 0.107. The Balaban J connectivity index is 1.89. The number of hydrogen-bond acceptors (Lipinski definition) is 2. The zero-order valence-corrected chi connectivity index (χ0v) is 9.37. The van der Waals surface area contributed by atoms with Crippen LogP contribution < -0.4 is 0 Å². The number of likely N-dealkylation sites (tertiary alicyclic amines) is 1. The minimum Gasteiger partial charge on any atom is -0.342 e. The van der Waals surface area contributed by atoms with Crippen LogP contribution in [0.2, 0.25) is 0 Å². The maximum atomic E-state index is 12.0. The average Bonchev–Trinajstić information content (AvgIpc) is 2.88. The maximum Gasteiger partial charge on any atom is 0.225 e. The Labute approximate surface area is 90.8 Å². The lowest BCUT2D eigenvalue weighted by Crippen LogP contribution is -2.34. The molecule has 1 atom stereocenters. The van der Waals surface area contributed by atoms with Crippen LogP contribution in [-0.2, 0) is 9.59 Å². The fourth-order valence-corrected chi connectivity index (χ4v) is 2.72. The molecule has 0 unspecified atom stereocenters. The van der Waals surface area contributed by atoms with Crippen LogP contribution >= 0.6 is 0 Å². The predicted molar refractivity (Wildman–Crippen MR) is 57.3 cm³/mol. The van der Waals surface area contributed by atoms with Gasteiger partial charge in [-0.1, -0.05) is 12.8 Å². The third kappa shape index (κ3) is 2.21. The van der Waals surface area contributed by atoms with Crippen LogP contribution in [0.4, 0.5) is 0 Å². The number of carbonyl (C=O) groups is 2. The summed E-state index contributed by atoms with van der Waals surface area (Å²) < 4.78 is 0. The Bertz CT molecular complexity index is 269. The Morgan fingerprint density at radius 1 is 1.07 bits per heavy atom. The first-order chi connectivity index (χ1) is 7.18. The molecule has 3 heteroatoms. The van der Waals surface area contributed by atoms with E-state index in [0.29, 0.717) is 12.5 Å². The molecule has 0 bridgehead atoms. The molecule has 0 aromatic carbocycles. The predicted octanol–water partition coefficient (Wildman–Crippen LogP) is 1.61. The van der Waals surface area contributed by atoms with Gasteiger partial charge >= 0.3 is 0 Å². The van der Waals surface area contributed by atoms with E-state index in [4.69, 9.17) is 0 Å². The first-order valence-corrected chi connectivity index (χ1v) is 5.97. The Morgan fingerprint density at radius 2 is 1.73 bits per heavy atom. The molecule has 0 spiro atoms. The van der Waals surface area contributed by atoms with Crippen LogP contribution in [0.25, 0.3) is 0 Å². The fraction of sp³-hybridized carbons (Fsp3) is 0.833. The number of nitrogens with zero attached hydrogens (tertiary/aromatic N) is 1. The molecule has 1 saturated carbocycles. The monoisotopic (exact) mass is 209 g/mol. The smallest absolute Gasteiger partial charge is 0.225 e. The van der Waals surface area contributed by atoms with E-state index < -0.39 is 0 Å². The summed E-state index contributed by atoms with van der Waals surface area (Å²) in [7, 11) is 0. The lowest BCUT2D eigenvalue weighted by molar-refractivity contribution is -0.134. The van der Waals surface area contributed by atoms with Gasteiger partial charge in [0.1, 0.15) is 5.78 Å². The summed E-state index contributed by atoms with van der Waals surface area (Å²) in [5.41, 5.74) is 0. The molecule has 0 radical (unpaired) electrons. The van der Waals surface area contributed by atoms with Crippen LogP contribution in [0, 0.1) is 11.8 Å². The average molecular weight is 209 g/mol. The number of amides is 1. The number of carbonyl (C=O) groups excluding carboxylic acids is 2. The summed E-state index contributed by atoms with van der Waals surface area (Å²) in [5.74, 6) is 0.902. The van der Waals surface area contributed by atoms with Crippen molar-refractivity contribution >= 4 is 11.7 Å². The van der Waals surface area contributed by atoms with Gasteiger partial charge in [0, 0.05) is 24.9 Å². The number of Topliss-reactive ketones (excluding diaryl/α,β-unsaturated/α-hetero) is 1. The summed E-state index contributed by atoms with van der Waals surface area (Å²) in [5, 5.41) is 0. The molecule has 1 aliphatic heterocycles. The van der Waals surface area contributed by atoms with Crippen molar-refractivity contribution in [1.29, 1.82) is 0 Å². The highest BCUT2D eigenvalue weighted by Gasteiger charge is 2.33. The molecule has 1 saturated heterocycles. The van der Waals surface area contributed by atoms with Crippen molar-refractivity contribution in [1.82, 2.24) is 4.90 Å². The molecule has 1 amide bonds.